The number of esters is 1. The van der Waals surface area contributed by atoms with Gasteiger partial charge in [-0.15, -0.1) is 0 Å². The van der Waals surface area contributed by atoms with Gasteiger partial charge in [0.1, 0.15) is 11.3 Å². The van der Waals surface area contributed by atoms with E-state index >= 15 is 0 Å². The van der Waals surface area contributed by atoms with Gasteiger partial charge >= 0.3 is 5.97 Å². The van der Waals surface area contributed by atoms with E-state index in [1.165, 1.54) is 14.0 Å². The van der Waals surface area contributed by atoms with Crippen molar-refractivity contribution in [3.05, 3.63) is 0 Å². The zero-order valence-corrected chi connectivity index (χ0v) is 11.4. The topological polar surface area (TPSA) is 89.7 Å². The van der Waals surface area contributed by atoms with Gasteiger partial charge in [0.2, 0.25) is 10.0 Å². The lowest BCUT2D eigenvalue weighted by atomic mass is 10.2. The van der Waals surface area contributed by atoms with Crippen molar-refractivity contribution >= 4 is 33.2 Å². The summed E-state index contributed by atoms with van der Waals surface area (Å²) in [5.74, 6) is -0.541. The maximum atomic E-state index is 12.2. The molecule has 1 fully saturated rings. The molecule has 6 nitrogen and oxygen atoms in total. The molecular weight excluding hydrogens is 264 g/mol. The van der Waals surface area contributed by atoms with Crippen LogP contribution in [0.3, 0.4) is 0 Å². The molecule has 98 valence electrons. The van der Waals surface area contributed by atoms with Crippen LogP contribution in [0.5, 0.6) is 0 Å². The lowest BCUT2D eigenvalue weighted by Crippen LogP contribution is -2.47. The maximum Gasteiger partial charge on any atom is 0.324 e. The van der Waals surface area contributed by atoms with Gasteiger partial charge < -0.3 is 10.5 Å². The highest BCUT2D eigenvalue weighted by atomic mass is 32.2. The van der Waals surface area contributed by atoms with Crippen molar-refractivity contribution in [2.24, 2.45) is 5.73 Å². The smallest absolute Gasteiger partial charge is 0.324 e. The van der Waals surface area contributed by atoms with Gasteiger partial charge in [0, 0.05) is 6.54 Å². The molecule has 0 aromatic carbocycles. The number of rotatable bonds is 4. The van der Waals surface area contributed by atoms with Gasteiger partial charge in [-0.1, -0.05) is 12.2 Å². The van der Waals surface area contributed by atoms with Crippen molar-refractivity contribution in [3.63, 3.8) is 0 Å². The highest BCUT2D eigenvalue weighted by molar-refractivity contribution is 7.92. The second kappa shape index (κ2) is 5.28. The Morgan fingerprint density at radius 2 is 2.18 bits per heavy atom. The fourth-order valence-electron chi connectivity index (χ4n) is 1.77. The first-order chi connectivity index (χ1) is 7.82. The van der Waals surface area contributed by atoms with Crippen LogP contribution in [0.15, 0.2) is 0 Å². The van der Waals surface area contributed by atoms with E-state index in [0.29, 0.717) is 19.4 Å². The molecular formula is C9H16N2O4S2. The van der Waals surface area contributed by atoms with Gasteiger partial charge in [-0.3, -0.25) is 4.79 Å². The van der Waals surface area contributed by atoms with Crippen molar-refractivity contribution < 1.29 is 17.9 Å². The average Bonchev–Trinajstić information content (AvgIpc) is 2.76. The van der Waals surface area contributed by atoms with Gasteiger partial charge in [0.15, 0.2) is 0 Å². The molecule has 0 aromatic rings. The summed E-state index contributed by atoms with van der Waals surface area (Å²) in [7, 11) is -2.44. The summed E-state index contributed by atoms with van der Waals surface area (Å²) >= 11 is 4.69. The normalized spacial score (nSPS) is 23.3. The highest BCUT2D eigenvalue weighted by Crippen LogP contribution is 2.24. The summed E-state index contributed by atoms with van der Waals surface area (Å²) in [4.78, 5) is 11.4. The molecule has 0 radical (unpaired) electrons. The molecule has 0 bridgehead atoms. The van der Waals surface area contributed by atoms with Crippen LogP contribution < -0.4 is 5.73 Å². The van der Waals surface area contributed by atoms with Crippen LogP contribution in [0.25, 0.3) is 0 Å². The van der Waals surface area contributed by atoms with E-state index in [2.05, 4.69) is 4.74 Å². The Labute approximate surface area is 106 Å². The maximum absolute atomic E-state index is 12.2. The highest BCUT2D eigenvalue weighted by Gasteiger charge is 2.42. The number of hydrogen-bond acceptors (Lipinski definition) is 5. The quantitative estimate of drug-likeness (QED) is 0.558. The SMILES string of the molecule is COC(=O)C1CCCN1S(=O)(=O)C(C)C(N)=S. The number of sulfonamides is 1. The zero-order valence-electron chi connectivity index (χ0n) is 9.75. The summed E-state index contributed by atoms with van der Waals surface area (Å²) in [5.41, 5.74) is 5.35. The van der Waals surface area contributed by atoms with Crippen LogP contribution in [0.1, 0.15) is 19.8 Å². The molecule has 2 N–H and O–H groups in total. The predicted molar refractivity (Wildman–Crippen MR) is 66.9 cm³/mol. The number of carbonyl (C=O) groups is 1. The molecule has 1 aliphatic rings. The minimum absolute atomic E-state index is 0.0967. The summed E-state index contributed by atoms with van der Waals surface area (Å²) in [6.07, 6.45) is 1.10. The van der Waals surface area contributed by atoms with Crippen molar-refractivity contribution in [1.82, 2.24) is 4.31 Å². The molecule has 2 unspecified atom stereocenters. The first kappa shape index (κ1) is 14.3. The van der Waals surface area contributed by atoms with E-state index in [1.54, 1.807) is 0 Å². The Balaban J connectivity index is 2.99. The van der Waals surface area contributed by atoms with Gasteiger partial charge in [-0.25, -0.2) is 8.42 Å². The third-order valence-electron chi connectivity index (χ3n) is 2.85. The van der Waals surface area contributed by atoms with E-state index in [-0.39, 0.29) is 4.99 Å². The third kappa shape index (κ3) is 2.75. The van der Waals surface area contributed by atoms with Crippen LogP contribution in [-0.4, -0.2) is 48.6 Å². The first-order valence-electron chi connectivity index (χ1n) is 5.20. The fourth-order valence-corrected chi connectivity index (χ4v) is 3.76. The summed E-state index contributed by atoms with van der Waals surface area (Å²) < 4.78 is 30.0. The molecule has 1 aliphatic heterocycles. The second-order valence-corrected chi connectivity index (χ2v) is 6.56. The Hall–Kier alpha value is -0.730. The largest absolute Gasteiger partial charge is 0.468 e. The summed E-state index contributed by atoms with van der Waals surface area (Å²) in [5, 5.41) is -0.970. The molecule has 8 heteroatoms. The fraction of sp³-hybridized carbons (Fsp3) is 0.778. The molecule has 0 saturated carbocycles. The van der Waals surface area contributed by atoms with Crippen molar-refractivity contribution in [1.29, 1.82) is 0 Å². The van der Waals surface area contributed by atoms with E-state index in [0.717, 1.165) is 4.31 Å². The van der Waals surface area contributed by atoms with Crippen molar-refractivity contribution in [2.75, 3.05) is 13.7 Å². The molecule has 1 heterocycles. The van der Waals surface area contributed by atoms with Gasteiger partial charge in [0.25, 0.3) is 0 Å². The van der Waals surface area contributed by atoms with Crippen LogP contribution in [0, 0.1) is 0 Å². The monoisotopic (exact) mass is 280 g/mol. The van der Waals surface area contributed by atoms with Crippen molar-refractivity contribution in [2.45, 2.75) is 31.1 Å². The molecule has 17 heavy (non-hydrogen) atoms. The number of carbonyl (C=O) groups excluding carboxylic acids is 1. The van der Waals surface area contributed by atoms with Gasteiger partial charge in [-0.05, 0) is 19.8 Å². The Morgan fingerprint density at radius 3 is 2.65 bits per heavy atom. The first-order valence-corrected chi connectivity index (χ1v) is 7.11. The number of hydrogen-bond donors (Lipinski definition) is 1. The molecule has 0 amide bonds. The Kier molecular flexibility index (Phi) is 4.45. The van der Waals surface area contributed by atoms with Gasteiger partial charge in [0.05, 0.1) is 12.1 Å². The number of nitrogens with zero attached hydrogens (tertiary/aromatic N) is 1. The van der Waals surface area contributed by atoms with Crippen LogP contribution in [-0.2, 0) is 19.6 Å². The van der Waals surface area contributed by atoms with Crippen LogP contribution in [0.4, 0.5) is 0 Å². The summed E-state index contributed by atoms with van der Waals surface area (Å²) in [6, 6.07) is -0.748. The molecule has 1 saturated heterocycles. The van der Waals surface area contributed by atoms with Gasteiger partial charge in [-0.2, -0.15) is 4.31 Å². The van der Waals surface area contributed by atoms with E-state index in [4.69, 9.17) is 18.0 Å². The number of nitrogens with two attached hydrogens (primary N) is 1. The number of thiocarbonyl (C=S) groups is 1. The van der Waals surface area contributed by atoms with Crippen molar-refractivity contribution in [3.8, 4) is 0 Å². The predicted octanol–water partition coefficient (Wildman–Crippen LogP) is -0.372. The van der Waals surface area contributed by atoms with Crippen LogP contribution >= 0.6 is 12.2 Å². The third-order valence-corrected chi connectivity index (χ3v) is 5.59. The second-order valence-electron chi connectivity index (χ2n) is 3.88. The molecule has 2 atom stereocenters. The zero-order chi connectivity index (χ0) is 13.2. The Morgan fingerprint density at radius 1 is 1.59 bits per heavy atom. The number of methoxy groups -OCH3 is 1. The average molecular weight is 280 g/mol. The lowest BCUT2D eigenvalue weighted by molar-refractivity contribution is -0.144. The van der Waals surface area contributed by atoms with E-state index in [9.17, 15) is 13.2 Å². The van der Waals surface area contributed by atoms with Crippen LogP contribution in [0.2, 0.25) is 0 Å². The van der Waals surface area contributed by atoms with E-state index < -0.39 is 27.3 Å². The Bertz CT molecular complexity index is 421. The molecule has 0 aliphatic carbocycles. The minimum atomic E-state index is -3.68. The number of ether oxygens (including phenoxy) is 1. The summed E-state index contributed by atoms with van der Waals surface area (Å²) in [6.45, 7) is 1.72. The van der Waals surface area contributed by atoms with E-state index in [1.807, 2.05) is 0 Å². The minimum Gasteiger partial charge on any atom is -0.468 e. The molecule has 0 spiro atoms. The molecule has 0 aromatic heterocycles. The molecule has 1 rings (SSSR count). The lowest BCUT2D eigenvalue weighted by Gasteiger charge is -2.25. The standard InChI is InChI=1S/C9H16N2O4S2/c1-6(8(10)16)17(13,14)11-5-3-4-7(11)9(12)15-2/h6-7H,3-5H2,1-2H3,(H2,10,16).